The van der Waals surface area contributed by atoms with E-state index in [1.807, 2.05) is 51.1 Å². The van der Waals surface area contributed by atoms with Gasteiger partial charge >= 0.3 is 0 Å². The predicted octanol–water partition coefficient (Wildman–Crippen LogP) is 4.87. The minimum Gasteiger partial charge on any atom is -0.299 e. The Morgan fingerprint density at radius 2 is 1.71 bits per heavy atom. The summed E-state index contributed by atoms with van der Waals surface area (Å²) in [4.78, 5) is 31.0. The molecule has 2 aliphatic rings. The van der Waals surface area contributed by atoms with Gasteiger partial charge in [0.2, 0.25) is 0 Å². The number of hydrogen-bond donors (Lipinski definition) is 0. The summed E-state index contributed by atoms with van der Waals surface area (Å²) in [5.41, 5.74) is 3.63. The first-order valence-corrected chi connectivity index (χ1v) is 11.6. The Kier molecular flexibility index (Phi) is 6.31. The van der Waals surface area contributed by atoms with E-state index in [9.17, 15) is 9.59 Å². The smallest absolute Gasteiger partial charge is 0.148 e. The quantitative estimate of drug-likeness (QED) is 0.393. The van der Waals surface area contributed by atoms with Crippen molar-refractivity contribution in [3.63, 3.8) is 0 Å². The zero-order valence-corrected chi connectivity index (χ0v) is 19.2. The lowest BCUT2D eigenvalue weighted by Crippen LogP contribution is -2.45. The summed E-state index contributed by atoms with van der Waals surface area (Å²) in [6, 6.07) is 9.91. The molecule has 0 radical (unpaired) electrons. The average Bonchev–Trinajstić information content (AvgIpc) is 2.72. The molecule has 2 fully saturated rings. The molecule has 4 rings (SSSR count). The second kappa shape index (κ2) is 8.98. The Balaban J connectivity index is 1.47. The van der Waals surface area contributed by atoms with Gasteiger partial charge < -0.3 is 0 Å². The summed E-state index contributed by atoms with van der Waals surface area (Å²) in [5, 5.41) is 0.983. The van der Waals surface area contributed by atoms with E-state index in [1.165, 1.54) is 0 Å². The van der Waals surface area contributed by atoms with Gasteiger partial charge in [0.25, 0.3) is 0 Å². The maximum absolute atomic E-state index is 13.3. The lowest BCUT2D eigenvalue weighted by Gasteiger charge is -2.44. The van der Waals surface area contributed by atoms with Crippen molar-refractivity contribution in [2.24, 2.45) is 5.41 Å². The number of carbonyl (C=O) groups excluding carboxylic acids is 2. The second-order valence-corrected chi connectivity index (χ2v) is 9.92. The Morgan fingerprint density at radius 3 is 2.26 bits per heavy atom. The highest BCUT2D eigenvalue weighted by Gasteiger charge is 2.47. The predicted molar refractivity (Wildman–Crippen MR) is 124 cm³/mol. The van der Waals surface area contributed by atoms with E-state index in [1.54, 1.807) is 18.1 Å². The van der Waals surface area contributed by atoms with Crippen molar-refractivity contribution >= 4 is 23.5 Å². The largest absolute Gasteiger partial charge is 0.299 e. The molecule has 2 aromatic rings. The van der Waals surface area contributed by atoms with Crippen LogP contribution >= 0.6 is 11.9 Å². The van der Waals surface area contributed by atoms with E-state index in [2.05, 4.69) is 21.1 Å². The minimum absolute atomic E-state index is 0.0857. The van der Waals surface area contributed by atoms with E-state index < -0.39 is 5.92 Å². The van der Waals surface area contributed by atoms with Crippen molar-refractivity contribution in [2.75, 3.05) is 13.1 Å². The van der Waals surface area contributed by atoms with E-state index in [0.717, 1.165) is 53.2 Å². The monoisotopic (exact) mass is 432 g/mol. The SMILES string of the molecule is CC#Cc1cc(C)c(C2C(=O)CC3(CCN(Sc4ccccn4)CC3)CC2=O)c(C)c1. The molecule has 31 heavy (non-hydrogen) atoms. The van der Waals surface area contributed by atoms with E-state index in [0.29, 0.717) is 12.8 Å². The van der Waals surface area contributed by atoms with Crippen molar-refractivity contribution in [3.8, 4) is 11.8 Å². The lowest BCUT2D eigenvalue weighted by atomic mass is 9.63. The standard InChI is InChI=1S/C26H28N2O2S/c1-4-7-20-14-18(2)24(19(3)15-20)25-21(29)16-26(17-22(25)30)9-12-28(13-10-26)31-23-8-5-6-11-27-23/h5-6,8,11,14-15,25H,9-10,12-13,16-17H2,1-3H3. The van der Waals surface area contributed by atoms with Crippen LogP contribution in [0.3, 0.4) is 0 Å². The second-order valence-electron chi connectivity index (χ2n) is 8.81. The number of aryl methyl sites for hydroxylation is 2. The highest BCUT2D eigenvalue weighted by molar-refractivity contribution is 7.97. The van der Waals surface area contributed by atoms with Crippen molar-refractivity contribution in [1.29, 1.82) is 0 Å². The summed E-state index contributed by atoms with van der Waals surface area (Å²) in [6.45, 7) is 7.53. The number of rotatable bonds is 3. The van der Waals surface area contributed by atoms with Crippen LogP contribution in [0.4, 0.5) is 0 Å². The van der Waals surface area contributed by atoms with Crippen LogP contribution in [0.1, 0.15) is 60.8 Å². The molecule has 0 atom stereocenters. The molecule has 0 unspecified atom stereocenters. The third kappa shape index (κ3) is 4.61. The summed E-state index contributed by atoms with van der Waals surface area (Å²) < 4.78 is 2.30. The molecule has 1 aliphatic heterocycles. The Hall–Kier alpha value is -2.42. The molecule has 1 saturated carbocycles. The normalized spacial score (nSPS) is 19.3. The fourth-order valence-electron chi connectivity index (χ4n) is 5.09. The van der Waals surface area contributed by atoms with Gasteiger partial charge in [-0.2, -0.15) is 0 Å². The lowest BCUT2D eigenvalue weighted by molar-refractivity contribution is -0.137. The molecule has 1 aromatic carbocycles. The molecule has 2 heterocycles. The van der Waals surface area contributed by atoms with Crippen LogP contribution < -0.4 is 0 Å². The molecular formula is C26H28N2O2S. The van der Waals surface area contributed by atoms with Crippen molar-refractivity contribution in [2.45, 2.75) is 57.4 Å². The Labute approximate surface area is 189 Å². The van der Waals surface area contributed by atoms with Crippen LogP contribution in [0, 0.1) is 31.1 Å². The first-order valence-electron chi connectivity index (χ1n) is 10.8. The summed E-state index contributed by atoms with van der Waals surface area (Å²) in [5.74, 6) is 5.55. The maximum atomic E-state index is 13.3. The summed E-state index contributed by atoms with van der Waals surface area (Å²) in [7, 11) is 0. The first kappa shape index (κ1) is 21.8. The molecule has 160 valence electrons. The zero-order valence-electron chi connectivity index (χ0n) is 18.4. The van der Waals surface area contributed by atoms with Crippen LogP contribution in [0.2, 0.25) is 0 Å². The molecule has 1 spiro atoms. The number of Topliss-reactive ketones (excluding diaryl/α,β-unsaturated/α-hetero) is 2. The zero-order chi connectivity index (χ0) is 22.0. The van der Waals surface area contributed by atoms with Crippen LogP contribution in [-0.4, -0.2) is 33.9 Å². The molecular weight excluding hydrogens is 404 g/mol. The molecule has 1 aromatic heterocycles. The fourth-order valence-corrected chi connectivity index (χ4v) is 5.97. The van der Waals surface area contributed by atoms with Crippen LogP contribution in [0.5, 0.6) is 0 Å². The summed E-state index contributed by atoms with van der Waals surface area (Å²) >= 11 is 1.66. The third-order valence-corrected chi connectivity index (χ3v) is 7.59. The van der Waals surface area contributed by atoms with E-state index in [4.69, 9.17) is 0 Å². The molecule has 5 heteroatoms. The van der Waals surface area contributed by atoms with Gasteiger partial charge in [-0.25, -0.2) is 9.29 Å². The van der Waals surface area contributed by atoms with Crippen molar-refractivity contribution < 1.29 is 9.59 Å². The molecule has 1 saturated heterocycles. The van der Waals surface area contributed by atoms with Crippen molar-refractivity contribution in [3.05, 3.63) is 58.8 Å². The fraction of sp³-hybridized carbons (Fsp3) is 0.423. The van der Waals surface area contributed by atoms with Gasteiger partial charge in [-0.3, -0.25) is 9.59 Å². The van der Waals surface area contributed by atoms with Gasteiger partial charge in [-0.1, -0.05) is 12.0 Å². The minimum atomic E-state index is -0.616. The number of nitrogens with zero attached hydrogens (tertiary/aromatic N) is 2. The Bertz CT molecular complexity index is 1020. The average molecular weight is 433 g/mol. The number of carbonyl (C=O) groups is 2. The van der Waals surface area contributed by atoms with Gasteiger partial charge in [0.15, 0.2) is 0 Å². The summed E-state index contributed by atoms with van der Waals surface area (Å²) in [6.07, 6.45) is 4.56. The topological polar surface area (TPSA) is 50.3 Å². The molecule has 4 nitrogen and oxygen atoms in total. The van der Waals surface area contributed by atoms with Crippen LogP contribution in [-0.2, 0) is 9.59 Å². The van der Waals surface area contributed by atoms with E-state index in [-0.39, 0.29) is 17.0 Å². The molecule has 1 aliphatic carbocycles. The van der Waals surface area contributed by atoms with Crippen LogP contribution in [0.15, 0.2) is 41.6 Å². The third-order valence-electron chi connectivity index (χ3n) is 6.54. The number of pyridine rings is 1. The first-order chi connectivity index (χ1) is 14.9. The number of piperidine rings is 1. The van der Waals surface area contributed by atoms with Gasteiger partial charge in [0.1, 0.15) is 22.5 Å². The molecule has 0 N–H and O–H groups in total. The Morgan fingerprint density at radius 1 is 1.06 bits per heavy atom. The number of ketones is 2. The maximum Gasteiger partial charge on any atom is 0.148 e. The van der Waals surface area contributed by atoms with Gasteiger partial charge in [-0.05, 0) is 91.9 Å². The van der Waals surface area contributed by atoms with Gasteiger partial charge in [0, 0.05) is 37.7 Å². The van der Waals surface area contributed by atoms with Crippen LogP contribution in [0.25, 0.3) is 0 Å². The van der Waals surface area contributed by atoms with Crippen molar-refractivity contribution in [1.82, 2.24) is 9.29 Å². The highest BCUT2D eigenvalue weighted by atomic mass is 32.2. The van der Waals surface area contributed by atoms with Gasteiger partial charge in [0.05, 0.1) is 0 Å². The number of benzene rings is 1. The van der Waals surface area contributed by atoms with E-state index >= 15 is 0 Å². The molecule has 0 amide bonds. The number of hydrogen-bond acceptors (Lipinski definition) is 5. The molecule has 0 bridgehead atoms. The highest BCUT2D eigenvalue weighted by Crippen LogP contribution is 2.47. The number of aromatic nitrogens is 1. The van der Waals surface area contributed by atoms with Gasteiger partial charge in [-0.15, -0.1) is 5.92 Å².